The number of hydrogen-bond donors (Lipinski definition) is 0. The molecular weight excluding hydrogens is 213 g/mol. The summed E-state index contributed by atoms with van der Waals surface area (Å²) in [5.74, 6) is 0. The van der Waals surface area contributed by atoms with E-state index in [1.165, 1.54) is 0 Å². The van der Waals surface area contributed by atoms with Crippen LogP contribution in [0.5, 0.6) is 0 Å². The topological polar surface area (TPSA) is 18.5 Å². The third-order valence-corrected chi connectivity index (χ3v) is 1.63. The highest BCUT2D eigenvalue weighted by Gasteiger charge is 2.13. The van der Waals surface area contributed by atoms with Crippen molar-refractivity contribution in [3.63, 3.8) is 0 Å². The van der Waals surface area contributed by atoms with Gasteiger partial charge in [-0.3, -0.25) is 8.63 Å². The van der Waals surface area contributed by atoms with Crippen LogP contribution in [0.25, 0.3) is 0 Å². The molecule has 0 aliphatic rings. The van der Waals surface area contributed by atoms with Crippen LogP contribution in [0.15, 0.2) is 30.3 Å². The van der Waals surface area contributed by atoms with E-state index >= 15 is 0 Å². The quantitative estimate of drug-likeness (QED) is 0.723. The molecule has 90 valence electrons. The van der Waals surface area contributed by atoms with Crippen molar-refractivity contribution < 1.29 is 18.0 Å². The highest BCUT2D eigenvalue weighted by atomic mass is 19.2. The van der Waals surface area contributed by atoms with Gasteiger partial charge < -0.3 is 9.39 Å². The third kappa shape index (κ3) is 9.61. The Morgan fingerprint density at radius 3 is 2.00 bits per heavy atom. The number of benzene rings is 1. The Morgan fingerprint density at radius 2 is 1.62 bits per heavy atom. The van der Waals surface area contributed by atoms with E-state index in [0.29, 0.717) is 0 Å². The largest absolute Gasteiger partial charge is 0.721 e. The Kier molecular flexibility index (Phi) is 9.96. The molecule has 0 saturated carbocycles. The maximum atomic E-state index is 11.5. The fraction of sp³-hybridized carbons (Fsp3) is 0.455. The average Bonchev–Trinajstić information content (AvgIpc) is 2.30. The van der Waals surface area contributed by atoms with E-state index in [4.69, 9.17) is 4.74 Å². The van der Waals surface area contributed by atoms with Gasteiger partial charge in [-0.1, -0.05) is 30.3 Å². The predicted molar refractivity (Wildman–Crippen MR) is 61.4 cm³/mol. The maximum Gasteiger partial charge on any atom is 0.721 e. The highest BCUT2D eigenvalue weighted by Crippen LogP contribution is 2.02. The minimum absolute atomic E-state index is 0.0293. The Labute approximate surface area is 95.8 Å². The summed E-state index contributed by atoms with van der Waals surface area (Å²) in [7, 11) is -2.68. The van der Waals surface area contributed by atoms with Crippen LogP contribution >= 0.6 is 0 Å². The first-order valence-electron chi connectivity index (χ1n) is 5.22. The van der Waals surface area contributed by atoms with E-state index in [1.54, 1.807) is 24.3 Å². The van der Waals surface area contributed by atoms with Crippen molar-refractivity contribution in [3.8, 4) is 0 Å². The molecule has 0 N–H and O–H groups in total. The van der Waals surface area contributed by atoms with Crippen LogP contribution in [0.1, 0.15) is 19.4 Å². The van der Waals surface area contributed by atoms with Gasteiger partial charge in [-0.15, -0.1) is 0 Å². The second-order valence-electron chi connectivity index (χ2n) is 2.84. The lowest BCUT2D eigenvalue weighted by atomic mass is 10.2. The second kappa shape index (κ2) is 10.6. The zero-order valence-corrected chi connectivity index (χ0v) is 9.66. The first kappa shape index (κ1) is 15.1. The lowest BCUT2D eigenvalue weighted by Crippen LogP contribution is -2.04. The molecule has 0 atom stereocenters. The van der Waals surface area contributed by atoms with Crippen LogP contribution in [0.3, 0.4) is 0 Å². The number of halogens is 2. The number of ether oxygens (including phenoxy) is 1. The summed E-state index contributed by atoms with van der Waals surface area (Å²) in [5.41, 5.74) is 0.757. The smallest absolute Gasteiger partial charge is 0.382 e. The van der Waals surface area contributed by atoms with Gasteiger partial charge in [-0.2, -0.15) is 0 Å². The van der Waals surface area contributed by atoms with Gasteiger partial charge in [0.1, 0.15) is 0 Å². The Balaban J connectivity index is 0.000000385. The molecule has 0 bridgehead atoms. The number of rotatable bonds is 5. The Bertz CT molecular complexity index is 243. The molecule has 0 aromatic heterocycles. The fourth-order valence-corrected chi connectivity index (χ4v) is 0.938. The fourth-order valence-electron chi connectivity index (χ4n) is 0.938. The molecule has 2 nitrogen and oxygen atoms in total. The molecule has 0 heterocycles. The van der Waals surface area contributed by atoms with Crippen molar-refractivity contribution in [2.24, 2.45) is 0 Å². The minimum Gasteiger partial charge on any atom is -0.382 e. The van der Waals surface area contributed by atoms with Gasteiger partial charge in [0.15, 0.2) is 0 Å². The van der Waals surface area contributed by atoms with Crippen LogP contribution in [0.2, 0.25) is 0 Å². The van der Waals surface area contributed by atoms with Crippen molar-refractivity contribution in [3.05, 3.63) is 35.9 Å². The summed E-state index contributed by atoms with van der Waals surface area (Å²) in [4.78, 5) is 0. The van der Waals surface area contributed by atoms with E-state index in [1.807, 2.05) is 19.9 Å². The normalized spacial score (nSPS) is 9.25. The Hall–Kier alpha value is -0.935. The van der Waals surface area contributed by atoms with Crippen LogP contribution in [0, 0.1) is 0 Å². The van der Waals surface area contributed by atoms with Gasteiger partial charge in [0, 0.05) is 13.2 Å². The van der Waals surface area contributed by atoms with Crippen molar-refractivity contribution >= 4 is 7.47 Å². The summed E-state index contributed by atoms with van der Waals surface area (Å²) in [5, 5.41) is 0. The third-order valence-electron chi connectivity index (χ3n) is 1.63. The Morgan fingerprint density at radius 1 is 1.06 bits per heavy atom. The minimum atomic E-state index is -2.68. The van der Waals surface area contributed by atoms with Gasteiger partial charge >= 0.3 is 7.47 Å². The molecule has 0 amide bonds. The summed E-state index contributed by atoms with van der Waals surface area (Å²) >= 11 is 0. The monoisotopic (exact) mass is 230 g/mol. The highest BCUT2D eigenvalue weighted by molar-refractivity contribution is 6.34. The molecule has 0 aliphatic carbocycles. The molecule has 0 fully saturated rings. The summed E-state index contributed by atoms with van der Waals surface area (Å²) in [6.45, 7) is 5.64. The summed E-state index contributed by atoms with van der Waals surface area (Å²) in [6, 6.07) is 8.87. The van der Waals surface area contributed by atoms with E-state index < -0.39 is 7.47 Å². The van der Waals surface area contributed by atoms with Crippen LogP contribution < -0.4 is 0 Å². The van der Waals surface area contributed by atoms with Crippen LogP contribution in [-0.2, 0) is 16.0 Å². The van der Waals surface area contributed by atoms with E-state index in [9.17, 15) is 8.63 Å². The zero-order valence-electron chi connectivity index (χ0n) is 9.66. The van der Waals surface area contributed by atoms with Crippen LogP contribution in [0.4, 0.5) is 8.63 Å². The average molecular weight is 230 g/mol. The first-order chi connectivity index (χ1) is 7.70. The molecular formula is C11H17BF2O2. The van der Waals surface area contributed by atoms with Gasteiger partial charge in [0.25, 0.3) is 0 Å². The van der Waals surface area contributed by atoms with Gasteiger partial charge in [-0.05, 0) is 19.4 Å². The van der Waals surface area contributed by atoms with E-state index in [2.05, 4.69) is 4.65 Å². The van der Waals surface area contributed by atoms with Crippen molar-refractivity contribution in [2.45, 2.75) is 20.5 Å². The molecule has 16 heavy (non-hydrogen) atoms. The van der Waals surface area contributed by atoms with Gasteiger partial charge in [0.2, 0.25) is 0 Å². The predicted octanol–water partition coefficient (Wildman–Crippen LogP) is 3.17. The molecule has 1 aromatic rings. The standard InChI is InChI=1S/C7H7BF2O.C4H10O/c9-8(10)11-6-7-4-2-1-3-5-7;1-3-5-4-2/h1-5H,6H2;3-4H2,1-2H3. The SMILES string of the molecule is CCOCC.FB(F)OCc1ccccc1. The lowest BCUT2D eigenvalue weighted by Gasteiger charge is -1.98. The van der Waals surface area contributed by atoms with E-state index in [-0.39, 0.29) is 6.61 Å². The van der Waals surface area contributed by atoms with Crippen LogP contribution in [-0.4, -0.2) is 20.7 Å². The first-order valence-corrected chi connectivity index (χ1v) is 5.22. The molecule has 1 rings (SSSR count). The summed E-state index contributed by atoms with van der Waals surface area (Å²) in [6.07, 6.45) is 0. The van der Waals surface area contributed by atoms with Crippen molar-refractivity contribution in [1.82, 2.24) is 0 Å². The van der Waals surface area contributed by atoms with Gasteiger partial charge in [-0.25, -0.2) is 0 Å². The maximum absolute atomic E-state index is 11.5. The molecule has 5 heteroatoms. The molecule has 0 aliphatic heterocycles. The van der Waals surface area contributed by atoms with Crippen molar-refractivity contribution in [1.29, 1.82) is 0 Å². The molecule has 1 aromatic carbocycles. The summed E-state index contributed by atoms with van der Waals surface area (Å²) < 4.78 is 31.9. The zero-order chi connectivity index (χ0) is 12.2. The van der Waals surface area contributed by atoms with Crippen molar-refractivity contribution in [2.75, 3.05) is 13.2 Å². The molecule has 0 spiro atoms. The van der Waals surface area contributed by atoms with E-state index in [0.717, 1.165) is 18.8 Å². The van der Waals surface area contributed by atoms with Gasteiger partial charge in [0.05, 0.1) is 6.61 Å². The second-order valence-corrected chi connectivity index (χ2v) is 2.84. The molecule has 0 saturated heterocycles. The lowest BCUT2D eigenvalue weighted by molar-refractivity contribution is 0.162. The number of hydrogen-bond acceptors (Lipinski definition) is 2. The molecule has 0 radical (unpaired) electrons. The molecule has 0 unspecified atom stereocenters.